The molecule has 17 heavy (non-hydrogen) atoms. The molecule has 0 aromatic carbocycles. The van der Waals surface area contributed by atoms with E-state index in [0.29, 0.717) is 5.41 Å². The molecule has 1 saturated carbocycles. The summed E-state index contributed by atoms with van der Waals surface area (Å²) in [5.74, 6) is 1.17. The molecule has 0 spiro atoms. The summed E-state index contributed by atoms with van der Waals surface area (Å²) >= 11 is 0. The summed E-state index contributed by atoms with van der Waals surface area (Å²) in [7, 11) is 2.05. The Kier molecular flexibility index (Phi) is 4.15. The molecular weight excluding hydrogens is 212 g/mol. The molecule has 0 saturated heterocycles. The third-order valence-corrected chi connectivity index (χ3v) is 3.88. The second-order valence-electron chi connectivity index (χ2n) is 5.31. The molecule has 0 unspecified atom stereocenters. The maximum absolute atomic E-state index is 4.45. The molecule has 0 atom stereocenters. The van der Waals surface area contributed by atoms with Crippen LogP contribution in [0, 0.1) is 5.41 Å². The highest BCUT2D eigenvalue weighted by atomic mass is 15.3. The van der Waals surface area contributed by atoms with Crippen molar-refractivity contribution in [3.05, 3.63) is 12.2 Å². The summed E-state index contributed by atoms with van der Waals surface area (Å²) in [5, 5.41) is 7.68. The van der Waals surface area contributed by atoms with Gasteiger partial charge in [0.05, 0.1) is 0 Å². The zero-order chi connectivity index (χ0) is 12.1. The predicted octanol–water partition coefficient (Wildman–Crippen LogP) is 2.01. The van der Waals surface area contributed by atoms with Gasteiger partial charge in [-0.3, -0.25) is 4.68 Å². The molecule has 4 nitrogen and oxygen atoms in total. The van der Waals surface area contributed by atoms with Crippen LogP contribution in [-0.2, 0) is 13.0 Å². The Morgan fingerprint density at radius 3 is 2.82 bits per heavy atom. The van der Waals surface area contributed by atoms with Crippen molar-refractivity contribution in [2.45, 2.75) is 52.0 Å². The van der Waals surface area contributed by atoms with Gasteiger partial charge >= 0.3 is 0 Å². The summed E-state index contributed by atoms with van der Waals surface area (Å²) in [4.78, 5) is 4.45. The lowest BCUT2D eigenvalue weighted by Crippen LogP contribution is -2.33. The van der Waals surface area contributed by atoms with Gasteiger partial charge < -0.3 is 5.32 Å². The molecule has 0 bridgehead atoms. The number of nitrogens with one attached hydrogen (secondary N) is 1. The standard InChI is InChI=1S/C13H24N4/c1-3-8-17-12(15-11-16-17)9-13(10-14-2)6-4-5-7-13/h11,14H,3-10H2,1-2H3. The van der Waals surface area contributed by atoms with Crippen LogP contribution in [0.15, 0.2) is 6.33 Å². The van der Waals surface area contributed by atoms with E-state index in [1.165, 1.54) is 31.5 Å². The van der Waals surface area contributed by atoms with Gasteiger partial charge in [0.25, 0.3) is 0 Å². The number of hydrogen-bond acceptors (Lipinski definition) is 3. The van der Waals surface area contributed by atoms with E-state index in [4.69, 9.17) is 0 Å². The van der Waals surface area contributed by atoms with Crippen LogP contribution in [-0.4, -0.2) is 28.4 Å². The summed E-state index contributed by atoms with van der Waals surface area (Å²) < 4.78 is 2.08. The van der Waals surface area contributed by atoms with Crippen LogP contribution in [0.3, 0.4) is 0 Å². The first-order valence-corrected chi connectivity index (χ1v) is 6.81. The molecule has 0 amide bonds. The average molecular weight is 236 g/mol. The van der Waals surface area contributed by atoms with E-state index in [-0.39, 0.29) is 0 Å². The first kappa shape index (κ1) is 12.6. The molecule has 1 N–H and O–H groups in total. The Balaban J connectivity index is 2.08. The molecular formula is C13H24N4. The lowest BCUT2D eigenvalue weighted by Gasteiger charge is -2.28. The number of rotatable bonds is 6. The third kappa shape index (κ3) is 2.86. The van der Waals surface area contributed by atoms with E-state index in [0.717, 1.165) is 25.9 Å². The van der Waals surface area contributed by atoms with Crippen LogP contribution in [0.4, 0.5) is 0 Å². The molecule has 2 rings (SSSR count). The molecule has 1 aromatic heterocycles. The van der Waals surface area contributed by atoms with Crippen molar-refractivity contribution in [3.63, 3.8) is 0 Å². The summed E-state index contributed by atoms with van der Waals surface area (Å²) in [6.07, 6.45) is 9.28. The number of aryl methyl sites for hydroxylation is 1. The van der Waals surface area contributed by atoms with Crippen molar-refractivity contribution < 1.29 is 0 Å². The van der Waals surface area contributed by atoms with Gasteiger partial charge in [0.15, 0.2) is 0 Å². The van der Waals surface area contributed by atoms with Crippen molar-refractivity contribution >= 4 is 0 Å². The summed E-state index contributed by atoms with van der Waals surface area (Å²) in [6, 6.07) is 0. The molecule has 1 aromatic rings. The number of nitrogens with zero attached hydrogens (tertiary/aromatic N) is 3. The molecule has 4 heteroatoms. The number of aromatic nitrogens is 3. The molecule has 1 aliphatic rings. The molecule has 96 valence electrons. The van der Waals surface area contributed by atoms with Gasteiger partial charge in [-0.15, -0.1) is 0 Å². The van der Waals surface area contributed by atoms with Crippen LogP contribution in [0.1, 0.15) is 44.9 Å². The van der Waals surface area contributed by atoms with Gasteiger partial charge in [-0.25, -0.2) is 4.98 Å². The lowest BCUT2D eigenvalue weighted by molar-refractivity contribution is 0.274. The van der Waals surface area contributed by atoms with Crippen LogP contribution in [0.25, 0.3) is 0 Å². The topological polar surface area (TPSA) is 42.7 Å². The Labute approximate surface area is 104 Å². The highest BCUT2D eigenvalue weighted by Crippen LogP contribution is 2.40. The predicted molar refractivity (Wildman–Crippen MR) is 68.8 cm³/mol. The normalized spacial score (nSPS) is 18.7. The second kappa shape index (κ2) is 5.63. The minimum Gasteiger partial charge on any atom is -0.319 e. The van der Waals surface area contributed by atoms with Crippen molar-refractivity contribution in [1.29, 1.82) is 0 Å². The van der Waals surface area contributed by atoms with Crippen LogP contribution in [0.2, 0.25) is 0 Å². The monoisotopic (exact) mass is 236 g/mol. The quantitative estimate of drug-likeness (QED) is 0.821. The van der Waals surface area contributed by atoms with E-state index in [2.05, 4.69) is 34.1 Å². The van der Waals surface area contributed by atoms with Gasteiger partial charge in [-0.2, -0.15) is 5.10 Å². The fraction of sp³-hybridized carbons (Fsp3) is 0.846. The molecule has 0 aliphatic heterocycles. The maximum Gasteiger partial charge on any atom is 0.138 e. The van der Waals surface area contributed by atoms with E-state index in [1.54, 1.807) is 6.33 Å². The van der Waals surface area contributed by atoms with E-state index >= 15 is 0 Å². The lowest BCUT2D eigenvalue weighted by atomic mass is 9.82. The van der Waals surface area contributed by atoms with Crippen molar-refractivity contribution in [1.82, 2.24) is 20.1 Å². The van der Waals surface area contributed by atoms with E-state index < -0.39 is 0 Å². The average Bonchev–Trinajstić information content (AvgIpc) is 2.92. The van der Waals surface area contributed by atoms with Crippen LogP contribution in [0.5, 0.6) is 0 Å². The maximum atomic E-state index is 4.45. The minimum absolute atomic E-state index is 0.424. The van der Waals surface area contributed by atoms with Gasteiger partial charge in [0.2, 0.25) is 0 Å². The van der Waals surface area contributed by atoms with Crippen molar-refractivity contribution in [2.75, 3.05) is 13.6 Å². The van der Waals surface area contributed by atoms with Gasteiger partial charge in [-0.1, -0.05) is 19.8 Å². The SMILES string of the molecule is CCCn1ncnc1CC1(CNC)CCCC1. The Morgan fingerprint density at radius 1 is 1.41 bits per heavy atom. The van der Waals surface area contributed by atoms with Gasteiger partial charge in [0, 0.05) is 19.5 Å². The number of hydrogen-bond donors (Lipinski definition) is 1. The molecule has 1 fully saturated rings. The van der Waals surface area contributed by atoms with Crippen LogP contribution >= 0.6 is 0 Å². The van der Waals surface area contributed by atoms with E-state index in [9.17, 15) is 0 Å². The fourth-order valence-corrected chi connectivity index (χ4v) is 3.08. The first-order chi connectivity index (χ1) is 8.29. The largest absolute Gasteiger partial charge is 0.319 e. The first-order valence-electron chi connectivity index (χ1n) is 6.81. The van der Waals surface area contributed by atoms with Gasteiger partial charge in [0.1, 0.15) is 12.2 Å². The zero-order valence-electron chi connectivity index (χ0n) is 11.1. The highest BCUT2D eigenvalue weighted by molar-refractivity contribution is 4.97. The van der Waals surface area contributed by atoms with Crippen LogP contribution < -0.4 is 5.32 Å². The summed E-state index contributed by atoms with van der Waals surface area (Å²) in [5.41, 5.74) is 0.424. The second-order valence-corrected chi connectivity index (χ2v) is 5.31. The Bertz CT molecular complexity index is 339. The third-order valence-electron chi connectivity index (χ3n) is 3.88. The minimum atomic E-state index is 0.424. The summed E-state index contributed by atoms with van der Waals surface area (Å²) in [6.45, 7) is 4.28. The zero-order valence-corrected chi connectivity index (χ0v) is 11.1. The fourth-order valence-electron chi connectivity index (χ4n) is 3.08. The van der Waals surface area contributed by atoms with Crippen molar-refractivity contribution in [2.24, 2.45) is 5.41 Å². The highest BCUT2D eigenvalue weighted by Gasteiger charge is 2.34. The smallest absolute Gasteiger partial charge is 0.138 e. The molecule has 1 heterocycles. The molecule has 0 radical (unpaired) electrons. The van der Waals surface area contributed by atoms with E-state index in [1.807, 2.05) is 0 Å². The Hall–Kier alpha value is -0.900. The van der Waals surface area contributed by atoms with Crippen molar-refractivity contribution in [3.8, 4) is 0 Å². The molecule has 1 aliphatic carbocycles. The Morgan fingerprint density at radius 2 is 2.18 bits per heavy atom. The van der Waals surface area contributed by atoms with Gasteiger partial charge in [-0.05, 0) is 31.7 Å².